The molecule has 0 aliphatic rings. The number of benzene rings is 1. The van der Waals surface area contributed by atoms with Crippen LogP contribution in [0.15, 0.2) is 24.3 Å². The van der Waals surface area contributed by atoms with E-state index in [0.29, 0.717) is 10.6 Å². The molecule has 0 spiro atoms. The molecule has 0 aliphatic heterocycles. The molecule has 0 fully saturated rings. The minimum atomic E-state index is -0.175. The fourth-order valence-electron chi connectivity index (χ4n) is 1.15. The van der Waals surface area contributed by atoms with E-state index in [-0.39, 0.29) is 16.0 Å². The van der Waals surface area contributed by atoms with Crippen molar-refractivity contribution in [2.45, 2.75) is 25.6 Å². The summed E-state index contributed by atoms with van der Waals surface area (Å²) >= 11 is 9.20. The standard InChI is InChI=1S/C12H14BrClO/c1-12(2,3)11(13)10(15)8-4-6-9(14)7-5-8/h4-7,11H,1-3H3. The molecule has 0 N–H and O–H groups in total. The van der Waals surface area contributed by atoms with Crippen molar-refractivity contribution >= 4 is 33.3 Å². The van der Waals surface area contributed by atoms with Gasteiger partial charge in [0.1, 0.15) is 0 Å². The van der Waals surface area contributed by atoms with E-state index < -0.39 is 0 Å². The van der Waals surface area contributed by atoms with E-state index in [4.69, 9.17) is 11.6 Å². The highest BCUT2D eigenvalue weighted by atomic mass is 79.9. The SMILES string of the molecule is CC(C)(C)C(Br)C(=O)c1ccc(Cl)cc1. The Kier molecular flexibility index (Phi) is 3.96. The molecule has 0 aromatic heterocycles. The Morgan fingerprint density at radius 2 is 1.73 bits per heavy atom. The van der Waals surface area contributed by atoms with Crippen molar-refractivity contribution in [2.75, 3.05) is 0 Å². The Balaban J connectivity index is 2.90. The largest absolute Gasteiger partial charge is 0.293 e. The molecule has 1 aromatic rings. The van der Waals surface area contributed by atoms with Crippen molar-refractivity contribution in [3.63, 3.8) is 0 Å². The average Bonchev–Trinajstić information content (AvgIpc) is 2.15. The number of alkyl halides is 1. The molecule has 0 bridgehead atoms. The first kappa shape index (κ1) is 12.7. The molecule has 0 saturated heterocycles. The number of carbonyl (C=O) groups excluding carboxylic acids is 1. The lowest BCUT2D eigenvalue weighted by atomic mass is 9.88. The van der Waals surface area contributed by atoms with Crippen molar-refractivity contribution in [3.05, 3.63) is 34.9 Å². The molecule has 1 atom stereocenters. The van der Waals surface area contributed by atoms with Gasteiger partial charge >= 0.3 is 0 Å². The van der Waals surface area contributed by atoms with Gasteiger partial charge in [-0.15, -0.1) is 0 Å². The molecular weight excluding hydrogens is 275 g/mol. The van der Waals surface area contributed by atoms with Gasteiger partial charge in [-0.1, -0.05) is 48.3 Å². The molecule has 0 aliphatic carbocycles. The van der Waals surface area contributed by atoms with Gasteiger partial charge in [-0.05, 0) is 29.7 Å². The molecular formula is C12H14BrClO. The van der Waals surface area contributed by atoms with Crippen molar-refractivity contribution < 1.29 is 4.79 Å². The molecule has 0 saturated carbocycles. The van der Waals surface area contributed by atoms with Gasteiger partial charge in [0, 0.05) is 10.6 Å². The van der Waals surface area contributed by atoms with Crippen LogP contribution in [0.4, 0.5) is 0 Å². The van der Waals surface area contributed by atoms with Gasteiger partial charge in [0.2, 0.25) is 0 Å². The van der Waals surface area contributed by atoms with Gasteiger partial charge in [0.05, 0.1) is 4.83 Å². The van der Waals surface area contributed by atoms with Crippen molar-refractivity contribution in [1.82, 2.24) is 0 Å². The number of hydrogen-bond acceptors (Lipinski definition) is 1. The maximum absolute atomic E-state index is 12.0. The van der Waals surface area contributed by atoms with Crippen molar-refractivity contribution in [3.8, 4) is 0 Å². The molecule has 0 heterocycles. The number of rotatable bonds is 2. The number of carbonyl (C=O) groups is 1. The number of halogens is 2. The van der Waals surface area contributed by atoms with E-state index in [1.165, 1.54) is 0 Å². The second-order valence-corrected chi connectivity index (χ2v) is 5.95. The van der Waals surface area contributed by atoms with Gasteiger partial charge < -0.3 is 0 Å². The normalized spacial score (nSPS) is 13.7. The molecule has 1 rings (SSSR count). The number of hydrogen-bond donors (Lipinski definition) is 0. The van der Waals surface area contributed by atoms with E-state index in [1.54, 1.807) is 24.3 Å². The monoisotopic (exact) mass is 288 g/mol. The molecule has 0 radical (unpaired) electrons. The third kappa shape index (κ3) is 3.32. The minimum Gasteiger partial charge on any atom is -0.293 e. The first-order chi connectivity index (χ1) is 6.82. The molecule has 15 heavy (non-hydrogen) atoms. The summed E-state index contributed by atoms with van der Waals surface area (Å²) in [5, 5.41) is 0.647. The average molecular weight is 290 g/mol. The predicted molar refractivity (Wildman–Crippen MR) is 68.0 cm³/mol. The van der Waals surface area contributed by atoms with Crippen LogP contribution >= 0.6 is 27.5 Å². The predicted octanol–water partition coefficient (Wildman–Crippen LogP) is 4.33. The van der Waals surface area contributed by atoms with Crippen LogP contribution < -0.4 is 0 Å². The number of ketones is 1. The Morgan fingerprint density at radius 1 is 1.27 bits per heavy atom. The fourth-order valence-corrected chi connectivity index (χ4v) is 1.54. The summed E-state index contributed by atoms with van der Waals surface area (Å²) in [5.74, 6) is 0.0965. The summed E-state index contributed by atoms with van der Waals surface area (Å²) in [5.41, 5.74) is 0.604. The molecule has 3 heteroatoms. The zero-order valence-corrected chi connectivity index (χ0v) is 11.4. The van der Waals surface area contributed by atoms with E-state index in [0.717, 1.165) is 0 Å². The fraction of sp³-hybridized carbons (Fsp3) is 0.417. The maximum atomic E-state index is 12.0. The third-order valence-corrected chi connectivity index (χ3v) is 4.16. The van der Waals surface area contributed by atoms with Gasteiger partial charge in [0.25, 0.3) is 0 Å². The highest BCUT2D eigenvalue weighted by Crippen LogP contribution is 2.29. The van der Waals surface area contributed by atoms with Gasteiger partial charge in [0.15, 0.2) is 5.78 Å². The van der Waals surface area contributed by atoms with E-state index in [9.17, 15) is 4.79 Å². The molecule has 1 unspecified atom stereocenters. The summed E-state index contributed by atoms with van der Waals surface area (Å²) in [6.07, 6.45) is 0. The Hall–Kier alpha value is -0.340. The van der Waals surface area contributed by atoms with Crippen molar-refractivity contribution in [1.29, 1.82) is 0 Å². The van der Waals surface area contributed by atoms with Crippen LogP contribution in [0.3, 0.4) is 0 Å². The second kappa shape index (κ2) is 4.67. The zero-order chi connectivity index (χ0) is 11.6. The highest BCUT2D eigenvalue weighted by Gasteiger charge is 2.29. The summed E-state index contributed by atoms with van der Waals surface area (Å²) in [6, 6.07) is 6.98. The highest BCUT2D eigenvalue weighted by molar-refractivity contribution is 9.10. The maximum Gasteiger partial charge on any atom is 0.176 e. The van der Waals surface area contributed by atoms with Gasteiger partial charge in [-0.25, -0.2) is 0 Å². The third-order valence-electron chi connectivity index (χ3n) is 2.12. The van der Waals surface area contributed by atoms with E-state index >= 15 is 0 Å². The topological polar surface area (TPSA) is 17.1 Å². The molecule has 1 nitrogen and oxygen atoms in total. The van der Waals surface area contributed by atoms with Gasteiger partial charge in [-0.2, -0.15) is 0 Å². The Morgan fingerprint density at radius 3 is 2.13 bits per heavy atom. The summed E-state index contributed by atoms with van der Waals surface area (Å²) < 4.78 is 0. The Bertz CT molecular complexity index is 351. The number of Topliss-reactive ketones (excluding diaryl/α,β-unsaturated/α-hetero) is 1. The van der Waals surface area contributed by atoms with Crippen LogP contribution in [0.2, 0.25) is 5.02 Å². The first-order valence-electron chi connectivity index (χ1n) is 4.76. The summed E-state index contributed by atoms with van der Waals surface area (Å²) in [7, 11) is 0. The summed E-state index contributed by atoms with van der Waals surface area (Å²) in [6.45, 7) is 6.08. The lowest BCUT2D eigenvalue weighted by Gasteiger charge is -2.24. The van der Waals surface area contributed by atoms with Crippen LogP contribution in [0.5, 0.6) is 0 Å². The quantitative estimate of drug-likeness (QED) is 0.585. The van der Waals surface area contributed by atoms with Crippen LogP contribution in [-0.2, 0) is 0 Å². The van der Waals surface area contributed by atoms with Crippen LogP contribution in [-0.4, -0.2) is 10.6 Å². The van der Waals surface area contributed by atoms with Crippen LogP contribution in [0, 0.1) is 5.41 Å². The second-order valence-electron chi connectivity index (χ2n) is 4.60. The lowest BCUT2D eigenvalue weighted by molar-refractivity contribution is 0.0954. The zero-order valence-electron chi connectivity index (χ0n) is 9.05. The van der Waals surface area contributed by atoms with E-state index in [2.05, 4.69) is 15.9 Å². The van der Waals surface area contributed by atoms with Gasteiger partial charge in [-0.3, -0.25) is 4.79 Å². The molecule has 1 aromatic carbocycles. The molecule has 0 amide bonds. The minimum absolute atomic E-state index is 0.0866. The van der Waals surface area contributed by atoms with E-state index in [1.807, 2.05) is 20.8 Å². The Labute approximate surface area is 104 Å². The lowest BCUT2D eigenvalue weighted by Crippen LogP contribution is -2.28. The van der Waals surface area contributed by atoms with Crippen LogP contribution in [0.1, 0.15) is 31.1 Å². The first-order valence-corrected chi connectivity index (χ1v) is 6.05. The molecule has 82 valence electrons. The van der Waals surface area contributed by atoms with Crippen molar-refractivity contribution in [2.24, 2.45) is 5.41 Å². The summed E-state index contributed by atoms with van der Waals surface area (Å²) in [4.78, 5) is 11.8. The van der Waals surface area contributed by atoms with Crippen LogP contribution in [0.25, 0.3) is 0 Å². The smallest absolute Gasteiger partial charge is 0.176 e.